The first-order valence-electron chi connectivity index (χ1n) is 9.60. The second-order valence-corrected chi connectivity index (χ2v) is 7.53. The summed E-state index contributed by atoms with van der Waals surface area (Å²) in [5.74, 6) is -0.0979. The molecule has 2 aliphatic heterocycles. The average molecular weight is 392 g/mol. The molecule has 0 atom stereocenters. The molecule has 0 radical (unpaired) electrons. The van der Waals surface area contributed by atoms with Crippen molar-refractivity contribution in [2.24, 2.45) is 5.92 Å². The molecule has 4 rings (SSSR count). The minimum atomic E-state index is -4.18. The SMILES string of the molecule is O=C(C1CCN(CC(F)(F)F)CC1)N1CC=C(c2c[nH]c3ncccc23)CC1. The van der Waals surface area contributed by atoms with Crippen molar-refractivity contribution < 1.29 is 18.0 Å². The molecule has 8 heteroatoms. The highest BCUT2D eigenvalue weighted by Gasteiger charge is 2.35. The summed E-state index contributed by atoms with van der Waals surface area (Å²) in [5.41, 5.74) is 3.17. The van der Waals surface area contributed by atoms with E-state index in [0.29, 0.717) is 39.0 Å². The molecule has 2 aliphatic rings. The summed E-state index contributed by atoms with van der Waals surface area (Å²) in [6, 6.07) is 3.94. The second kappa shape index (κ2) is 7.58. The largest absolute Gasteiger partial charge is 0.401 e. The average Bonchev–Trinajstić information content (AvgIpc) is 3.11. The molecule has 1 saturated heterocycles. The van der Waals surface area contributed by atoms with Crippen molar-refractivity contribution in [1.82, 2.24) is 19.8 Å². The lowest BCUT2D eigenvalue weighted by molar-refractivity contribution is -0.151. The topological polar surface area (TPSA) is 52.2 Å². The van der Waals surface area contributed by atoms with Crippen LogP contribution in [0.4, 0.5) is 13.2 Å². The Morgan fingerprint density at radius 2 is 2.04 bits per heavy atom. The smallest absolute Gasteiger partial charge is 0.346 e. The third-order valence-corrected chi connectivity index (χ3v) is 5.66. The third-order valence-electron chi connectivity index (χ3n) is 5.66. The Bertz CT molecular complexity index is 881. The quantitative estimate of drug-likeness (QED) is 0.871. The first kappa shape index (κ1) is 19.0. The maximum Gasteiger partial charge on any atom is 0.401 e. The van der Waals surface area contributed by atoms with Crippen molar-refractivity contribution in [1.29, 1.82) is 0 Å². The summed E-state index contributed by atoms with van der Waals surface area (Å²) >= 11 is 0. The minimum Gasteiger partial charge on any atom is -0.346 e. The van der Waals surface area contributed by atoms with Crippen molar-refractivity contribution in [3.63, 3.8) is 0 Å². The van der Waals surface area contributed by atoms with Gasteiger partial charge < -0.3 is 9.88 Å². The highest BCUT2D eigenvalue weighted by molar-refractivity contribution is 5.91. The lowest BCUT2D eigenvalue weighted by Crippen LogP contribution is -2.45. The van der Waals surface area contributed by atoms with Gasteiger partial charge in [0.1, 0.15) is 5.65 Å². The number of H-pyrrole nitrogens is 1. The van der Waals surface area contributed by atoms with Gasteiger partial charge in [-0.15, -0.1) is 0 Å². The summed E-state index contributed by atoms with van der Waals surface area (Å²) in [6.07, 6.45) is 3.36. The normalized spacial score (nSPS) is 19.8. The number of carbonyl (C=O) groups excluding carboxylic acids is 1. The summed E-state index contributed by atoms with van der Waals surface area (Å²) in [6.45, 7) is 0.952. The van der Waals surface area contributed by atoms with E-state index in [-0.39, 0.29) is 11.8 Å². The van der Waals surface area contributed by atoms with Gasteiger partial charge in [0.05, 0.1) is 6.54 Å². The number of hydrogen-bond acceptors (Lipinski definition) is 3. The molecular weight excluding hydrogens is 369 g/mol. The van der Waals surface area contributed by atoms with Crippen molar-refractivity contribution in [2.75, 3.05) is 32.7 Å². The Labute approximate surface area is 161 Å². The van der Waals surface area contributed by atoms with Crippen LogP contribution in [0.3, 0.4) is 0 Å². The minimum absolute atomic E-state index is 0.0718. The zero-order valence-electron chi connectivity index (χ0n) is 15.5. The molecule has 1 amide bonds. The molecule has 150 valence electrons. The highest BCUT2D eigenvalue weighted by Crippen LogP contribution is 2.30. The van der Waals surface area contributed by atoms with Gasteiger partial charge in [-0.2, -0.15) is 13.2 Å². The number of nitrogens with one attached hydrogen (secondary N) is 1. The van der Waals surface area contributed by atoms with Gasteiger partial charge in [-0.05, 0) is 50.1 Å². The number of alkyl halides is 3. The predicted octanol–water partition coefficient (Wildman–Crippen LogP) is 3.45. The summed E-state index contributed by atoms with van der Waals surface area (Å²) in [4.78, 5) is 23.5. The zero-order valence-corrected chi connectivity index (χ0v) is 15.5. The van der Waals surface area contributed by atoms with Crippen molar-refractivity contribution in [2.45, 2.75) is 25.4 Å². The van der Waals surface area contributed by atoms with E-state index in [4.69, 9.17) is 0 Å². The molecule has 0 unspecified atom stereocenters. The molecule has 0 aromatic carbocycles. The number of fused-ring (bicyclic) bond motifs is 1. The fourth-order valence-electron chi connectivity index (χ4n) is 4.19. The van der Waals surface area contributed by atoms with Crippen molar-refractivity contribution in [3.05, 3.63) is 36.2 Å². The lowest BCUT2D eigenvalue weighted by atomic mass is 9.93. The van der Waals surface area contributed by atoms with E-state index >= 15 is 0 Å². The molecule has 5 nitrogen and oxygen atoms in total. The van der Waals surface area contributed by atoms with Gasteiger partial charge in [-0.25, -0.2) is 4.98 Å². The maximum absolute atomic E-state index is 12.8. The van der Waals surface area contributed by atoms with Crippen LogP contribution in [0.15, 0.2) is 30.6 Å². The molecule has 0 bridgehead atoms. The van der Waals surface area contributed by atoms with E-state index in [0.717, 1.165) is 23.0 Å². The van der Waals surface area contributed by atoms with E-state index in [1.54, 1.807) is 6.20 Å². The molecule has 4 heterocycles. The Hall–Kier alpha value is -2.35. The summed E-state index contributed by atoms with van der Waals surface area (Å²) in [7, 11) is 0. The highest BCUT2D eigenvalue weighted by atomic mass is 19.4. The van der Waals surface area contributed by atoms with Crippen LogP contribution in [0.2, 0.25) is 0 Å². The Balaban J connectivity index is 1.35. The van der Waals surface area contributed by atoms with Crippen LogP contribution in [0, 0.1) is 5.92 Å². The number of amides is 1. The van der Waals surface area contributed by atoms with E-state index in [2.05, 4.69) is 16.0 Å². The van der Waals surface area contributed by atoms with Crippen LogP contribution in [-0.2, 0) is 4.79 Å². The molecule has 1 N–H and O–H groups in total. The maximum atomic E-state index is 12.8. The number of pyridine rings is 1. The first-order valence-corrected chi connectivity index (χ1v) is 9.60. The molecule has 2 aromatic rings. The zero-order chi connectivity index (χ0) is 19.7. The summed E-state index contributed by atoms with van der Waals surface area (Å²) in [5, 5.41) is 1.07. The number of halogens is 3. The molecule has 0 saturated carbocycles. The number of rotatable bonds is 3. The van der Waals surface area contributed by atoms with Crippen LogP contribution < -0.4 is 0 Å². The van der Waals surface area contributed by atoms with E-state index in [9.17, 15) is 18.0 Å². The third kappa shape index (κ3) is 4.06. The van der Waals surface area contributed by atoms with Gasteiger partial charge in [-0.1, -0.05) is 6.08 Å². The van der Waals surface area contributed by atoms with Crippen LogP contribution in [0.25, 0.3) is 16.6 Å². The number of aromatic amines is 1. The molecule has 2 aromatic heterocycles. The fraction of sp³-hybridized carbons (Fsp3) is 0.500. The Morgan fingerprint density at radius 3 is 2.71 bits per heavy atom. The van der Waals surface area contributed by atoms with Gasteiger partial charge in [-0.3, -0.25) is 9.69 Å². The number of piperidine rings is 1. The number of hydrogen-bond donors (Lipinski definition) is 1. The number of carbonyl (C=O) groups is 1. The number of likely N-dealkylation sites (tertiary alicyclic amines) is 1. The Morgan fingerprint density at radius 1 is 1.25 bits per heavy atom. The van der Waals surface area contributed by atoms with Crippen molar-refractivity contribution in [3.8, 4) is 0 Å². The fourth-order valence-corrected chi connectivity index (χ4v) is 4.19. The van der Waals surface area contributed by atoms with Crippen LogP contribution in [0.1, 0.15) is 24.8 Å². The van der Waals surface area contributed by atoms with Gasteiger partial charge >= 0.3 is 6.18 Å². The van der Waals surface area contributed by atoms with Gasteiger partial charge in [0, 0.05) is 42.4 Å². The molecule has 1 fully saturated rings. The van der Waals surface area contributed by atoms with Gasteiger partial charge in [0.15, 0.2) is 0 Å². The standard InChI is InChI=1S/C20H23F3N4O/c21-20(22,23)13-26-8-3-15(4-9-26)19(28)27-10-5-14(6-11-27)17-12-25-18-16(17)2-1-7-24-18/h1-2,5,7,12,15H,3-4,6,8-11,13H2,(H,24,25). The second-order valence-electron chi connectivity index (χ2n) is 7.53. The molecule has 28 heavy (non-hydrogen) atoms. The van der Waals surface area contributed by atoms with E-state index in [1.165, 1.54) is 10.5 Å². The van der Waals surface area contributed by atoms with Crippen LogP contribution in [-0.4, -0.2) is 64.6 Å². The van der Waals surface area contributed by atoms with Crippen molar-refractivity contribution >= 4 is 22.5 Å². The Kier molecular flexibility index (Phi) is 5.14. The molecule has 0 spiro atoms. The lowest BCUT2D eigenvalue weighted by Gasteiger charge is -2.35. The number of nitrogens with zero attached hydrogens (tertiary/aromatic N) is 3. The molecular formula is C20H23F3N4O. The van der Waals surface area contributed by atoms with Crippen LogP contribution >= 0.6 is 0 Å². The van der Waals surface area contributed by atoms with Crippen LogP contribution in [0.5, 0.6) is 0 Å². The predicted molar refractivity (Wildman–Crippen MR) is 100 cm³/mol. The van der Waals surface area contributed by atoms with E-state index in [1.807, 2.05) is 23.2 Å². The van der Waals surface area contributed by atoms with Gasteiger partial charge in [0.25, 0.3) is 0 Å². The van der Waals surface area contributed by atoms with E-state index < -0.39 is 12.7 Å². The number of aromatic nitrogens is 2. The monoisotopic (exact) mass is 392 g/mol. The summed E-state index contributed by atoms with van der Waals surface area (Å²) < 4.78 is 37.5. The first-order chi connectivity index (χ1) is 13.4. The molecule has 0 aliphatic carbocycles. The van der Waals surface area contributed by atoms with Gasteiger partial charge in [0.2, 0.25) is 5.91 Å².